The summed E-state index contributed by atoms with van der Waals surface area (Å²) in [6.07, 6.45) is 4.88. The SMILES string of the molecule is COc1ccc(C(C)NC(N)=NC2CCCC2)cc1. The molecule has 0 spiro atoms. The number of hydrogen-bond acceptors (Lipinski definition) is 2. The zero-order valence-electron chi connectivity index (χ0n) is 11.7. The van der Waals surface area contributed by atoms with Crippen molar-refractivity contribution in [2.24, 2.45) is 10.7 Å². The van der Waals surface area contributed by atoms with E-state index in [0.29, 0.717) is 12.0 Å². The normalized spacial score (nSPS) is 18.3. The minimum absolute atomic E-state index is 0.149. The van der Waals surface area contributed by atoms with E-state index >= 15 is 0 Å². The summed E-state index contributed by atoms with van der Waals surface area (Å²) in [5, 5.41) is 3.25. The van der Waals surface area contributed by atoms with Gasteiger partial charge in [-0.2, -0.15) is 0 Å². The van der Waals surface area contributed by atoms with Crippen LogP contribution in [0.5, 0.6) is 5.75 Å². The lowest BCUT2D eigenvalue weighted by atomic mass is 10.1. The number of benzene rings is 1. The van der Waals surface area contributed by atoms with E-state index in [1.54, 1.807) is 7.11 Å². The number of nitrogens with two attached hydrogens (primary N) is 1. The van der Waals surface area contributed by atoms with Crippen LogP contribution in [-0.2, 0) is 0 Å². The third kappa shape index (κ3) is 3.88. The van der Waals surface area contributed by atoms with Gasteiger partial charge in [-0.05, 0) is 37.5 Å². The molecule has 2 rings (SSSR count). The van der Waals surface area contributed by atoms with Crippen molar-refractivity contribution in [3.05, 3.63) is 29.8 Å². The van der Waals surface area contributed by atoms with Crippen LogP contribution in [0, 0.1) is 0 Å². The molecule has 0 saturated heterocycles. The van der Waals surface area contributed by atoms with E-state index in [2.05, 4.69) is 17.2 Å². The smallest absolute Gasteiger partial charge is 0.189 e. The van der Waals surface area contributed by atoms with Gasteiger partial charge in [0, 0.05) is 0 Å². The zero-order chi connectivity index (χ0) is 13.7. The Kier molecular flexibility index (Phi) is 4.66. The van der Waals surface area contributed by atoms with Crippen LogP contribution in [-0.4, -0.2) is 19.1 Å². The van der Waals surface area contributed by atoms with Crippen LogP contribution < -0.4 is 15.8 Å². The van der Waals surface area contributed by atoms with Crippen LogP contribution in [0.25, 0.3) is 0 Å². The minimum atomic E-state index is 0.149. The van der Waals surface area contributed by atoms with E-state index in [1.807, 2.05) is 24.3 Å². The first-order chi connectivity index (χ1) is 9.19. The topological polar surface area (TPSA) is 59.6 Å². The molecule has 19 heavy (non-hydrogen) atoms. The maximum Gasteiger partial charge on any atom is 0.189 e. The first-order valence-corrected chi connectivity index (χ1v) is 6.93. The quantitative estimate of drug-likeness (QED) is 0.647. The first-order valence-electron chi connectivity index (χ1n) is 6.93. The Labute approximate surface area is 115 Å². The van der Waals surface area contributed by atoms with Crippen LogP contribution >= 0.6 is 0 Å². The molecule has 4 nitrogen and oxygen atoms in total. The first kappa shape index (κ1) is 13.7. The van der Waals surface area contributed by atoms with Gasteiger partial charge in [-0.25, -0.2) is 0 Å². The van der Waals surface area contributed by atoms with E-state index in [0.717, 1.165) is 5.75 Å². The molecular formula is C15H23N3O. The number of nitrogens with zero attached hydrogens (tertiary/aromatic N) is 1. The fourth-order valence-electron chi connectivity index (χ4n) is 2.47. The standard InChI is InChI=1S/C15H23N3O/c1-11(12-7-9-14(19-2)10-8-12)17-15(16)18-13-5-3-4-6-13/h7-11,13H,3-6H2,1-2H3,(H3,16,17,18). The van der Waals surface area contributed by atoms with Gasteiger partial charge in [-0.1, -0.05) is 25.0 Å². The molecule has 0 amide bonds. The Hall–Kier alpha value is -1.71. The van der Waals surface area contributed by atoms with Crippen LogP contribution in [0.3, 0.4) is 0 Å². The second-order valence-electron chi connectivity index (χ2n) is 5.09. The number of methoxy groups -OCH3 is 1. The lowest BCUT2D eigenvalue weighted by Crippen LogP contribution is -2.34. The molecule has 0 heterocycles. The van der Waals surface area contributed by atoms with E-state index in [1.165, 1.54) is 31.2 Å². The molecule has 1 aromatic carbocycles. The Morgan fingerprint density at radius 1 is 1.32 bits per heavy atom. The van der Waals surface area contributed by atoms with Gasteiger partial charge in [-0.15, -0.1) is 0 Å². The van der Waals surface area contributed by atoms with Crippen molar-refractivity contribution < 1.29 is 4.74 Å². The number of aliphatic imine (C=N–C) groups is 1. The average molecular weight is 261 g/mol. The van der Waals surface area contributed by atoms with E-state index < -0.39 is 0 Å². The lowest BCUT2D eigenvalue weighted by molar-refractivity contribution is 0.414. The fraction of sp³-hybridized carbons (Fsp3) is 0.533. The van der Waals surface area contributed by atoms with Crippen LogP contribution in [0.15, 0.2) is 29.3 Å². The van der Waals surface area contributed by atoms with Crippen molar-refractivity contribution in [1.29, 1.82) is 0 Å². The summed E-state index contributed by atoms with van der Waals surface area (Å²) >= 11 is 0. The monoisotopic (exact) mass is 261 g/mol. The third-order valence-corrected chi connectivity index (χ3v) is 3.63. The lowest BCUT2D eigenvalue weighted by Gasteiger charge is -2.16. The highest BCUT2D eigenvalue weighted by atomic mass is 16.5. The average Bonchev–Trinajstić information content (AvgIpc) is 2.91. The molecule has 1 saturated carbocycles. The predicted octanol–water partition coefficient (Wildman–Crippen LogP) is 2.60. The Bertz CT molecular complexity index is 422. The number of nitrogens with one attached hydrogen (secondary N) is 1. The van der Waals surface area contributed by atoms with Crippen molar-refractivity contribution in [3.8, 4) is 5.75 Å². The van der Waals surface area contributed by atoms with E-state index in [9.17, 15) is 0 Å². The molecule has 1 aromatic rings. The van der Waals surface area contributed by atoms with E-state index in [-0.39, 0.29) is 6.04 Å². The summed E-state index contributed by atoms with van der Waals surface area (Å²) in [5.74, 6) is 1.42. The molecule has 0 aromatic heterocycles. The summed E-state index contributed by atoms with van der Waals surface area (Å²) in [7, 11) is 1.67. The molecular weight excluding hydrogens is 238 g/mol. The molecule has 1 atom stereocenters. The van der Waals surface area contributed by atoms with Crippen LogP contribution in [0.2, 0.25) is 0 Å². The van der Waals surface area contributed by atoms with Gasteiger partial charge in [0.05, 0.1) is 19.2 Å². The van der Waals surface area contributed by atoms with Gasteiger partial charge >= 0.3 is 0 Å². The molecule has 1 aliphatic carbocycles. The molecule has 0 aliphatic heterocycles. The molecule has 0 bridgehead atoms. The van der Waals surface area contributed by atoms with Crippen molar-refractivity contribution in [1.82, 2.24) is 5.32 Å². The molecule has 1 aliphatic rings. The van der Waals surface area contributed by atoms with Crippen molar-refractivity contribution >= 4 is 5.96 Å². The molecule has 104 valence electrons. The Balaban J connectivity index is 1.93. The maximum absolute atomic E-state index is 5.96. The van der Waals surface area contributed by atoms with Gasteiger partial charge in [0.2, 0.25) is 0 Å². The summed E-state index contributed by atoms with van der Waals surface area (Å²) in [6, 6.07) is 8.56. The molecule has 3 N–H and O–H groups in total. The van der Waals surface area contributed by atoms with Crippen LogP contribution in [0.4, 0.5) is 0 Å². The largest absolute Gasteiger partial charge is 0.497 e. The highest BCUT2D eigenvalue weighted by molar-refractivity contribution is 5.78. The molecule has 4 heteroatoms. The second kappa shape index (κ2) is 6.45. The van der Waals surface area contributed by atoms with Gasteiger partial charge in [0.25, 0.3) is 0 Å². The van der Waals surface area contributed by atoms with E-state index in [4.69, 9.17) is 10.5 Å². The second-order valence-corrected chi connectivity index (χ2v) is 5.09. The zero-order valence-corrected chi connectivity index (χ0v) is 11.7. The van der Waals surface area contributed by atoms with Crippen molar-refractivity contribution in [2.45, 2.75) is 44.7 Å². The number of ether oxygens (including phenoxy) is 1. The summed E-state index contributed by atoms with van der Waals surface area (Å²) < 4.78 is 5.15. The summed E-state index contributed by atoms with van der Waals surface area (Å²) in [4.78, 5) is 4.53. The highest BCUT2D eigenvalue weighted by Crippen LogP contribution is 2.21. The highest BCUT2D eigenvalue weighted by Gasteiger charge is 2.14. The number of rotatable bonds is 4. The molecule has 1 unspecified atom stereocenters. The maximum atomic E-state index is 5.96. The fourth-order valence-corrected chi connectivity index (χ4v) is 2.47. The van der Waals surface area contributed by atoms with Crippen molar-refractivity contribution in [2.75, 3.05) is 7.11 Å². The van der Waals surface area contributed by atoms with Crippen molar-refractivity contribution in [3.63, 3.8) is 0 Å². The Morgan fingerprint density at radius 3 is 2.53 bits per heavy atom. The third-order valence-electron chi connectivity index (χ3n) is 3.63. The Morgan fingerprint density at radius 2 is 1.95 bits per heavy atom. The number of guanidine groups is 1. The molecule has 0 radical (unpaired) electrons. The molecule has 1 fully saturated rings. The summed E-state index contributed by atoms with van der Waals surface area (Å²) in [6.45, 7) is 2.08. The van der Waals surface area contributed by atoms with Gasteiger partial charge in [0.15, 0.2) is 5.96 Å². The van der Waals surface area contributed by atoms with Crippen LogP contribution in [0.1, 0.15) is 44.2 Å². The minimum Gasteiger partial charge on any atom is -0.497 e. The van der Waals surface area contributed by atoms with Gasteiger partial charge in [0.1, 0.15) is 5.75 Å². The summed E-state index contributed by atoms with van der Waals surface area (Å²) in [5.41, 5.74) is 7.13. The predicted molar refractivity (Wildman–Crippen MR) is 78.4 cm³/mol. The van der Waals surface area contributed by atoms with Gasteiger partial charge < -0.3 is 15.8 Å². The van der Waals surface area contributed by atoms with Gasteiger partial charge in [-0.3, -0.25) is 4.99 Å². The number of hydrogen-bond donors (Lipinski definition) is 2.